The van der Waals surface area contributed by atoms with Crippen LogP contribution < -0.4 is 27.4 Å². The van der Waals surface area contributed by atoms with Crippen molar-refractivity contribution in [3.63, 3.8) is 0 Å². The Hall–Kier alpha value is -3.97. The van der Waals surface area contributed by atoms with Gasteiger partial charge in [0, 0.05) is 18.3 Å². The maximum Gasteiger partial charge on any atom is 0.326 e. The Morgan fingerprint density at radius 1 is 0.949 bits per heavy atom. The molecule has 4 unspecified atom stereocenters. The van der Waals surface area contributed by atoms with Gasteiger partial charge in [-0.05, 0) is 55.8 Å². The third kappa shape index (κ3) is 10.4. The van der Waals surface area contributed by atoms with Crippen molar-refractivity contribution < 1.29 is 29.4 Å². The first-order valence-corrected chi connectivity index (χ1v) is 12.9. The summed E-state index contributed by atoms with van der Waals surface area (Å²) in [6.45, 7) is 3.72. The van der Waals surface area contributed by atoms with Crippen LogP contribution in [0.15, 0.2) is 36.8 Å². The molecule has 0 saturated carbocycles. The second-order valence-electron chi connectivity index (χ2n) is 9.73. The van der Waals surface area contributed by atoms with Crippen molar-refractivity contribution >= 4 is 23.7 Å². The van der Waals surface area contributed by atoms with Gasteiger partial charge in [0.05, 0.1) is 12.4 Å². The fraction of sp³-hybridized carbons (Fsp3) is 0.500. The number of carbonyl (C=O) groups excluding carboxylic acids is 3. The number of aromatic nitrogens is 2. The number of hydrogen-bond donors (Lipinski definition) is 8. The highest BCUT2D eigenvalue weighted by Gasteiger charge is 2.31. The van der Waals surface area contributed by atoms with Crippen LogP contribution in [0.25, 0.3) is 0 Å². The molecule has 0 aliphatic carbocycles. The molecule has 1 aromatic heterocycles. The van der Waals surface area contributed by atoms with Crippen molar-refractivity contribution in [1.82, 2.24) is 25.9 Å². The van der Waals surface area contributed by atoms with E-state index in [1.54, 1.807) is 26.0 Å². The number of phenolic OH excluding ortho intramolecular Hbond substituents is 1. The Morgan fingerprint density at radius 3 is 2.15 bits per heavy atom. The SMILES string of the molecule is CC(C)C(NC(=O)C(Cc1cnc[nH]1)NC(=O)C(CCCCN)NC(=O)C(N)Cc1ccc(O)cc1)C(=O)O. The lowest BCUT2D eigenvalue weighted by Gasteiger charge is -2.26. The summed E-state index contributed by atoms with van der Waals surface area (Å²) in [7, 11) is 0. The maximum atomic E-state index is 13.3. The molecule has 2 aromatic rings. The number of aromatic amines is 1. The fourth-order valence-electron chi connectivity index (χ4n) is 3.88. The van der Waals surface area contributed by atoms with Gasteiger partial charge in [0.15, 0.2) is 0 Å². The standard InChI is InChI=1S/C26H39N7O6/c1-15(2)22(26(38)39)33-25(37)21(12-17-13-29-14-30-17)32-24(36)20(5-3-4-10-27)31-23(35)19(28)11-16-6-8-18(34)9-7-16/h6-9,13-15,19-22,34H,3-5,10-12,27-28H2,1-2H3,(H,29,30)(H,31,35)(H,32,36)(H,33,37)(H,38,39). The van der Waals surface area contributed by atoms with Gasteiger partial charge in [-0.1, -0.05) is 26.0 Å². The number of nitrogens with zero attached hydrogens (tertiary/aromatic N) is 1. The zero-order valence-electron chi connectivity index (χ0n) is 22.2. The number of amides is 3. The molecule has 0 radical (unpaired) electrons. The highest BCUT2D eigenvalue weighted by Crippen LogP contribution is 2.12. The smallest absolute Gasteiger partial charge is 0.326 e. The highest BCUT2D eigenvalue weighted by molar-refractivity contribution is 5.94. The molecule has 10 N–H and O–H groups in total. The normalized spacial score (nSPS) is 14.2. The molecule has 13 nitrogen and oxygen atoms in total. The van der Waals surface area contributed by atoms with E-state index in [2.05, 4.69) is 25.9 Å². The van der Waals surface area contributed by atoms with Crippen molar-refractivity contribution in [2.45, 2.75) is 70.1 Å². The molecule has 1 heterocycles. The number of H-pyrrole nitrogens is 1. The van der Waals surface area contributed by atoms with E-state index in [1.165, 1.54) is 24.7 Å². The number of unbranched alkanes of at least 4 members (excludes halogenated alkanes) is 1. The summed E-state index contributed by atoms with van der Waals surface area (Å²) in [4.78, 5) is 57.7. The average molecular weight is 546 g/mol. The third-order valence-corrected chi connectivity index (χ3v) is 6.15. The number of carbonyl (C=O) groups is 4. The van der Waals surface area contributed by atoms with Crippen molar-refractivity contribution in [3.8, 4) is 5.75 Å². The molecule has 13 heteroatoms. The zero-order valence-corrected chi connectivity index (χ0v) is 22.2. The molecule has 0 saturated heterocycles. The van der Waals surface area contributed by atoms with E-state index in [1.807, 2.05) is 0 Å². The number of aliphatic carboxylic acids is 1. The van der Waals surface area contributed by atoms with Gasteiger partial charge in [-0.25, -0.2) is 9.78 Å². The zero-order chi connectivity index (χ0) is 28.9. The van der Waals surface area contributed by atoms with E-state index in [9.17, 15) is 29.4 Å². The Bertz CT molecular complexity index is 1070. The predicted molar refractivity (Wildman–Crippen MR) is 143 cm³/mol. The summed E-state index contributed by atoms with van der Waals surface area (Å²) < 4.78 is 0. The molecule has 0 aliphatic rings. The van der Waals surface area contributed by atoms with Crippen LogP contribution in [0.4, 0.5) is 0 Å². The molecule has 0 spiro atoms. The van der Waals surface area contributed by atoms with Gasteiger partial charge < -0.3 is 42.6 Å². The van der Waals surface area contributed by atoms with Gasteiger partial charge in [-0.15, -0.1) is 0 Å². The molecule has 39 heavy (non-hydrogen) atoms. The number of rotatable bonds is 16. The first kappa shape index (κ1) is 31.2. The molecular formula is C26H39N7O6. The Labute approximate surface area is 227 Å². The van der Waals surface area contributed by atoms with E-state index >= 15 is 0 Å². The minimum atomic E-state index is -1.19. The number of imidazole rings is 1. The molecule has 3 amide bonds. The molecule has 1 aromatic carbocycles. The molecule has 0 fully saturated rings. The van der Waals surface area contributed by atoms with E-state index < -0.39 is 53.8 Å². The third-order valence-electron chi connectivity index (χ3n) is 6.15. The van der Waals surface area contributed by atoms with Crippen molar-refractivity contribution in [3.05, 3.63) is 48.0 Å². The predicted octanol–water partition coefficient (Wildman–Crippen LogP) is -0.448. The first-order valence-electron chi connectivity index (χ1n) is 12.9. The number of phenols is 1. The summed E-state index contributed by atoms with van der Waals surface area (Å²) in [6.07, 6.45) is 4.52. The largest absolute Gasteiger partial charge is 0.508 e. The minimum absolute atomic E-state index is 0.0197. The number of hydrogen-bond acceptors (Lipinski definition) is 8. The van der Waals surface area contributed by atoms with Crippen LogP contribution in [0.5, 0.6) is 5.75 Å². The van der Waals surface area contributed by atoms with E-state index in [0.717, 1.165) is 5.56 Å². The van der Waals surface area contributed by atoms with Crippen LogP contribution in [0.1, 0.15) is 44.4 Å². The van der Waals surface area contributed by atoms with Gasteiger partial charge in [-0.2, -0.15) is 0 Å². The maximum absolute atomic E-state index is 13.3. The first-order chi connectivity index (χ1) is 18.5. The van der Waals surface area contributed by atoms with Crippen LogP contribution in [0.3, 0.4) is 0 Å². The van der Waals surface area contributed by atoms with Crippen LogP contribution in [-0.4, -0.2) is 74.6 Å². The Kier molecular flexibility index (Phi) is 12.4. The van der Waals surface area contributed by atoms with Crippen LogP contribution in [0, 0.1) is 5.92 Å². The molecule has 2 rings (SSSR count). The van der Waals surface area contributed by atoms with Crippen molar-refractivity contribution in [1.29, 1.82) is 0 Å². The number of carboxylic acids is 1. The average Bonchev–Trinajstić information content (AvgIpc) is 3.40. The molecule has 214 valence electrons. The van der Waals surface area contributed by atoms with E-state index in [0.29, 0.717) is 25.1 Å². The number of nitrogens with two attached hydrogens (primary N) is 2. The van der Waals surface area contributed by atoms with Gasteiger partial charge in [0.2, 0.25) is 17.7 Å². The fourth-order valence-corrected chi connectivity index (χ4v) is 3.88. The molecule has 0 bridgehead atoms. The number of nitrogens with one attached hydrogen (secondary N) is 4. The second kappa shape index (κ2) is 15.4. The second-order valence-corrected chi connectivity index (χ2v) is 9.73. The van der Waals surface area contributed by atoms with Gasteiger partial charge in [0.1, 0.15) is 23.9 Å². The van der Waals surface area contributed by atoms with Crippen LogP contribution in [0.2, 0.25) is 0 Å². The van der Waals surface area contributed by atoms with E-state index in [4.69, 9.17) is 11.5 Å². The monoisotopic (exact) mass is 545 g/mol. The number of carboxylic acid groups (broad SMARTS) is 1. The summed E-state index contributed by atoms with van der Waals surface area (Å²) >= 11 is 0. The van der Waals surface area contributed by atoms with Crippen molar-refractivity contribution in [2.24, 2.45) is 17.4 Å². The van der Waals surface area contributed by atoms with Crippen LogP contribution >= 0.6 is 0 Å². The summed E-state index contributed by atoms with van der Waals surface area (Å²) in [5, 5.41) is 26.8. The Morgan fingerprint density at radius 2 is 1.59 bits per heavy atom. The highest BCUT2D eigenvalue weighted by atomic mass is 16.4. The van der Waals surface area contributed by atoms with Gasteiger partial charge in [-0.3, -0.25) is 14.4 Å². The van der Waals surface area contributed by atoms with Crippen molar-refractivity contribution in [2.75, 3.05) is 6.54 Å². The summed E-state index contributed by atoms with van der Waals surface area (Å²) in [5.74, 6) is -3.36. The topological polar surface area (TPSA) is 226 Å². The molecule has 4 atom stereocenters. The lowest BCUT2D eigenvalue weighted by atomic mass is 10.0. The lowest BCUT2D eigenvalue weighted by molar-refractivity contribution is -0.143. The lowest BCUT2D eigenvalue weighted by Crippen LogP contribution is -2.58. The number of aromatic hydroxyl groups is 1. The summed E-state index contributed by atoms with van der Waals surface area (Å²) in [5.41, 5.74) is 13.0. The van der Waals surface area contributed by atoms with Crippen LogP contribution in [-0.2, 0) is 32.0 Å². The minimum Gasteiger partial charge on any atom is -0.508 e. The molecule has 0 aliphatic heterocycles. The molecular weight excluding hydrogens is 506 g/mol. The summed E-state index contributed by atoms with van der Waals surface area (Å²) in [6, 6.07) is 2.00. The quantitative estimate of drug-likeness (QED) is 0.128. The van der Waals surface area contributed by atoms with Gasteiger partial charge >= 0.3 is 5.97 Å². The van der Waals surface area contributed by atoms with Gasteiger partial charge in [0.25, 0.3) is 0 Å². The van der Waals surface area contributed by atoms with E-state index in [-0.39, 0.29) is 25.0 Å². The number of benzene rings is 1. The Balaban J connectivity index is 2.17.